The molecule has 6 heteroatoms. The summed E-state index contributed by atoms with van der Waals surface area (Å²) in [7, 11) is 2.11. The summed E-state index contributed by atoms with van der Waals surface area (Å²) in [6.45, 7) is 3.75. The summed E-state index contributed by atoms with van der Waals surface area (Å²) in [4.78, 5) is 25.9. The SMILES string of the molecule is Cc1cnc(N(C)[C@@H]2CC[C@@H]3CN(C(=O)Cc4ccsc4)C[C@@H]32)cn1. The summed E-state index contributed by atoms with van der Waals surface area (Å²) < 4.78 is 0. The van der Waals surface area contributed by atoms with Crippen molar-refractivity contribution in [2.75, 3.05) is 25.0 Å². The number of thiophene rings is 1. The van der Waals surface area contributed by atoms with Gasteiger partial charge in [0.25, 0.3) is 0 Å². The largest absolute Gasteiger partial charge is 0.355 e. The second kappa shape index (κ2) is 6.75. The minimum absolute atomic E-state index is 0.268. The van der Waals surface area contributed by atoms with Gasteiger partial charge in [-0.3, -0.25) is 9.78 Å². The fourth-order valence-corrected chi connectivity index (χ4v) is 5.01. The van der Waals surface area contributed by atoms with Crippen LogP contribution in [0.1, 0.15) is 24.1 Å². The maximum atomic E-state index is 12.6. The highest BCUT2D eigenvalue weighted by Gasteiger charge is 2.45. The van der Waals surface area contributed by atoms with Gasteiger partial charge in [0.1, 0.15) is 5.82 Å². The van der Waals surface area contributed by atoms with E-state index in [1.165, 1.54) is 12.8 Å². The van der Waals surface area contributed by atoms with E-state index in [4.69, 9.17) is 0 Å². The van der Waals surface area contributed by atoms with E-state index >= 15 is 0 Å². The van der Waals surface area contributed by atoms with E-state index in [1.54, 1.807) is 11.3 Å². The quantitative estimate of drug-likeness (QED) is 0.845. The molecule has 0 spiro atoms. The van der Waals surface area contributed by atoms with E-state index in [1.807, 2.05) is 30.8 Å². The number of rotatable bonds is 4. The van der Waals surface area contributed by atoms with E-state index in [-0.39, 0.29) is 5.91 Å². The van der Waals surface area contributed by atoms with Gasteiger partial charge in [0.05, 0.1) is 24.5 Å². The van der Waals surface area contributed by atoms with Gasteiger partial charge in [-0.25, -0.2) is 4.98 Å². The van der Waals surface area contributed by atoms with Crippen molar-refractivity contribution in [3.05, 3.63) is 40.5 Å². The smallest absolute Gasteiger partial charge is 0.227 e. The maximum Gasteiger partial charge on any atom is 0.227 e. The van der Waals surface area contributed by atoms with Gasteiger partial charge in [-0.1, -0.05) is 0 Å². The fraction of sp³-hybridized carbons (Fsp3) is 0.526. The highest BCUT2D eigenvalue weighted by atomic mass is 32.1. The Morgan fingerprint density at radius 2 is 2.20 bits per heavy atom. The Bertz CT molecular complexity index is 730. The van der Waals surface area contributed by atoms with Crippen molar-refractivity contribution in [2.24, 2.45) is 11.8 Å². The lowest BCUT2D eigenvalue weighted by Crippen LogP contribution is -2.39. The molecule has 3 heterocycles. The number of carbonyl (C=O) groups excluding carboxylic acids is 1. The first-order valence-electron chi connectivity index (χ1n) is 8.92. The highest BCUT2D eigenvalue weighted by molar-refractivity contribution is 7.08. The van der Waals surface area contributed by atoms with Crippen LogP contribution in [0.3, 0.4) is 0 Å². The minimum atomic E-state index is 0.268. The third-order valence-electron chi connectivity index (χ3n) is 5.73. The van der Waals surface area contributed by atoms with E-state index in [9.17, 15) is 4.79 Å². The number of fused-ring (bicyclic) bond motifs is 1. The number of nitrogens with zero attached hydrogens (tertiary/aromatic N) is 4. The molecule has 132 valence electrons. The predicted molar refractivity (Wildman–Crippen MR) is 99.8 cm³/mol. The molecule has 2 aliphatic rings. The second-order valence-corrected chi connectivity index (χ2v) is 8.08. The van der Waals surface area contributed by atoms with Crippen LogP contribution in [0.25, 0.3) is 0 Å². The molecular formula is C19H24N4OS. The molecule has 3 atom stereocenters. The monoisotopic (exact) mass is 356 g/mol. The number of hydrogen-bond donors (Lipinski definition) is 0. The lowest BCUT2D eigenvalue weighted by Gasteiger charge is -2.30. The molecule has 5 nitrogen and oxygen atoms in total. The molecule has 2 fully saturated rings. The molecule has 0 unspecified atom stereocenters. The third kappa shape index (κ3) is 3.27. The first-order chi connectivity index (χ1) is 12.1. The standard InChI is InChI=1S/C19H24N4OS/c1-13-8-21-18(9-20-13)22(2)17-4-3-15-10-23(11-16(15)17)19(24)7-14-5-6-25-12-14/h5-6,8-9,12,15-17H,3-4,7,10-11H2,1-2H3/t15-,16+,17-/m1/s1. The van der Waals surface area contributed by atoms with Crippen LogP contribution in [-0.4, -0.2) is 47.0 Å². The maximum absolute atomic E-state index is 12.6. The van der Waals surface area contributed by atoms with Crippen LogP contribution in [0, 0.1) is 18.8 Å². The lowest BCUT2D eigenvalue weighted by atomic mass is 9.97. The van der Waals surface area contributed by atoms with Crippen LogP contribution >= 0.6 is 11.3 Å². The molecule has 1 amide bonds. The summed E-state index contributed by atoms with van der Waals surface area (Å²) in [6, 6.07) is 2.49. The lowest BCUT2D eigenvalue weighted by molar-refractivity contribution is -0.129. The Labute approximate surface area is 152 Å². The van der Waals surface area contributed by atoms with Crippen molar-refractivity contribution in [2.45, 2.75) is 32.2 Å². The Morgan fingerprint density at radius 3 is 2.92 bits per heavy atom. The molecule has 2 aromatic rings. The Kier molecular flexibility index (Phi) is 4.46. The number of anilines is 1. The van der Waals surface area contributed by atoms with Crippen LogP contribution in [0.4, 0.5) is 5.82 Å². The summed E-state index contributed by atoms with van der Waals surface area (Å²) in [5.41, 5.74) is 2.07. The van der Waals surface area contributed by atoms with Crippen molar-refractivity contribution in [3.8, 4) is 0 Å². The van der Waals surface area contributed by atoms with Crippen LogP contribution in [-0.2, 0) is 11.2 Å². The molecule has 0 N–H and O–H groups in total. The molecule has 0 radical (unpaired) electrons. The number of amides is 1. The minimum Gasteiger partial charge on any atom is -0.355 e. The molecule has 4 rings (SSSR count). The van der Waals surface area contributed by atoms with Gasteiger partial charge >= 0.3 is 0 Å². The fourth-order valence-electron chi connectivity index (χ4n) is 4.34. The summed E-state index contributed by atoms with van der Waals surface area (Å²) in [6.07, 6.45) is 6.59. The number of likely N-dealkylation sites (tertiary alicyclic amines) is 1. The number of aromatic nitrogens is 2. The van der Waals surface area contributed by atoms with Gasteiger partial charge in [-0.2, -0.15) is 11.3 Å². The third-order valence-corrected chi connectivity index (χ3v) is 6.47. The highest BCUT2D eigenvalue weighted by Crippen LogP contribution is 2.41. The van der Waals surface area contributed by atoms with Crippen molar-refractivity contribution >= 4 is 23.1 Å². The first-order valence-corrected chi connectivity index (χ1v) is 9.86. The molecule has 25 heavy (non-hydrogen) atoms. The molecule has 0 aromatic carbocycles. The zero-order valence-corrected chi connectivity index (χ0v) is 15.6. The van der Waals surface area contributed by atoms with Gasteiger partial charge in [0.15, 0.2) is 0 Å². The van der Waals surface area contributed by atoms with E-state index in [2.05, 4.69) is 32.2 Å². The summed E-state index contributed by atoms with van der Waals surface area (Å²) in [5, 5.41) is 4.11. The van der Waals surface area contributed by atoms with Crippen molar-refractivity contribution in [1.82, 2.24) is 14.9 Å². The Morgan fingerprint density at radius 1 is 1.32 bits per heavy atom. The molecule has 1 saturated carbocycles. The van der Waals surface area contributed by atoms with E-state index < -0.39 is 0 Å². The predicted octanol–water partition coefficient (Wildman–Crippen LogP) is 2.76. The number of hydrogen-bond acceptors (Lipinski definition) is 5. The van der Waals surface area contributed by atoms with Crippen LogP contribution in [0.5, 0.6) is 0 Å². The summed E-state index contributed by atoms with van der Waals surface area (Å²) in [5.74, 6) is 2.36. The molecule has 1 aliphatic heterocycles. The molecule has 0 bridgehead atoms. The van der Waals surface area contributed by atoms with Crippen LogP contribution in [0.15, 0.2) is 29.2 Å². The second-order valence-electron chi connectivity index (χ2n) is 7.30. The topological polar surface area (TPSA) is 49.3 Å². The van der Waals surface area contributed by atoms with Gasteiger partial charge in [0.2, 0.25) is 5.91 Å². The van der Waals surface area contributed by atoms with Gasteiger partial charge < -0.3 is 9.80 Å². The van der Waals surface area contributed by atoms with Gasteiger partial charge in [-0.15, -0.1) is 0 Å². The Balaban J connectivity index is 1.42. The molecule has 1 saturated heterocycles. The molecule has 2 aromatic heterocycles. The molecule has 1 aliphatic carbocycles. The normalized spacial score (nSPS) is 25.2. The zero-order valence-electron chi connectivity index (χ0n) is 14.8. The Hall–Kier alpha value is -1.95. The first kappa shape index (κ1) is 16.5. The van der Waals surface area contributed by atoms with Crippen LogP contribution < -0.4 is 4.90 Å². The average Bonchev–Trinajstić information content (AvgIpc) is 3.31. The van der Waals surface area contributed by atoms with Crippen molar-refractivity contribution in [3.63, 3.8) is 0 Å². The average molecular weight is 356 g/mol. The van der Waals surface area contributed by atoms with Crippen LogP contribution in [0.2, 0.25) is 0 Å². The van der Waals surface area contributed by atoms with Gasteiger partial charge in [0, 0.05) is 32.1 Å². The number of aryl methyl sites for hydroxylation is 1. The zero-order chi connectivity index (χ0) is 17.4. The van der Waals surface area contributed by atoms with E-state index in [0.29, 0.717) is 24.3 Å². The van der Waals surface area contributed by atoms with E-state index in [0.717, 1.165) is 30.2 Å². The van der Waals surface area contributed by atoms with Crippen molar-refractivity contribution in [1.29, 1.82) is 0 Å². The van der Waals surface area contributed by atoms with Gasteiger partial charge in [-0.05, 0) is 48.1 Å². The van der Waals surface area contributed by atoms with Crippen molar-refractivity contribution < 1.29 is 4.79 Å². The molecular weight excluding hydrogens is 332 g/mol. The number of carbonyl (C=O) groups is 1. The summed E-state index contributed by atoms with van der Waals surface area (Å²) >= 11 is 1.65.